The van der Waals surface area contributed by atoms with Crippen LogP contribution in [0.25, 0.3) is 0 Å². The van der Waals surface area contributed by atoms with Crippen molar-refractivity contribution in [1.82, 2.24) is 19.9 Å². The van der Waals surface area contributed by atoms with Gasteiger partial charge >= 0.3 is 0 Å². The van der Waals surface area contributed by atoms with Gasteiger partial charge in [0.1, 0.15) is 0 Å². The van der Waals surface area contributed by atoms with Gasteiger partial charge in [0.25, 0.3) is 5.91 Å². The molecule has 7 heteroatoms. The quantitative estimate of drug-likeness (QED) is 0.826. The molecule has 0 N–H and O–H groups in total. The first kappa shape index (κ1) is 12.2. The normalized spacial score (nSPS) is 20.0. The molecule has 1 aromatic carbocycles. The largest absolute Gasteiger partial charge is 0.454 e. The summed E-state index contributed by atoms with van der Waals surface area (Å²) in [6.45, 7) is 1.58. The van der Waals surface area contributed by atoms with Crippen LogP contribution in [0.4, 0.5) is 0 Å². The van der Waals surface area contributed by atoms with E-state index in [-0.39, 0.29) is 18.7 Å². The van der Waals surface area contributed by atoms with Gasteiger partial charge in [-0.3, -0.25) is 4.79 Å². The maximum absolute atomic E-state index is 12.5. The Kier molecular flexibility index (Phi) is 2.77. The Hall–Kier alpha value is -2.57. The Morgan fingerprint density at radius 2 is 2.19 bits per heavy atom. The summed E-state index contributed by atoms with van der Waals surface area (Å²) in [5.41, 5.74) is 0.624. The van der Waals surface area contributed by atoms with E-state index < -0.39 is 0 Å². The molecule has 7 nitrogen and oxygen atoms in total. The van der Waals surface area contributed by atoms with E-state index in [0.29, 0.717) is 23.6 Å². The van der Waals surface area contributed by atoms with Gasteiger partial charge in [0, 0.05) is 24.8 Å². The smallest absolute Gasteiger partial charge is 0.254 e. The van der Waals surface area contributed by atoms with Crippen LogP contribution in [0.1, 0.15) is 22.8 Å². The molecule has 0 radical (unpaired) electrons. The Labute approximate surface area is 121 Å². The molecule has 0 saturated carbocycles. The molecule has 0 bridgehead atoms. The van der Waals surface area contributed by atoms with Gasteiger partial charge in [0.05, 0.1) is 12.2 Å². The van der Waals surface area contributed by atoms with Gasteiger partial charge in [-0.2, -0.15) is 0 Å². The number of likely N-dealkylation sites (tertiary alicyclic amines) is 1. The van der Waals surface area contributed by atoms with E-state index in [4.69, 9.17) is 9.47 Å². The predicted molar refractivity (Wildman–Crippen MR) is 72.1 cm³/mol. The highest BCUT2D eigenvalue weighted by molar-refractivity contribution is 5.95. The zero-order chi connectivity index (χ0) is 14.2. The van der Waals surface area contributed by atoms with Crippen molar-refractivity contribution in [2.45, 2.75) is 12.5 Å². The first-order chi connectivity index (χ1) is 10.3. The highest BCUT2D eigenvalue weighted by atomic mass is 16.7. The van der Waals surface area contributed by atoms with Crippen molar-refractivity contribution in [2.75, 3.05) is 19.9 Å². The summed E-state index contributed by atoms with van der Waals surface area (Å²) in [7, 11) is 0. The van der Waals surface area contributed by atoms with E-state index >= 15 is 0 Å². The van der Waals surface area contributed by atoms with Crippen LogP contribution < -0.4 is 9.47 Å². The minimum Gasteiger partial charge on any atom is -0.454 e. The number of ether oxygens (including phenoxy) is 2. The van der Waals surface area contributed by atoms with Gasteiger partial charge in [-0.25, -0.2) is 4.68 Å². The van der Waals surface area contributed by atoms with Crippen molar-refractivity contribution in [2.24, 2.45) is 0 Å². The number of benzene rings is 1. The molecular weight excluding hydrogens is 272 g/mol. The summed E-state index contributed by atoms with van der Waals surface area (Å²) in [4.78, 5) is 14.4. The van der Waals surface area contributed by atoms with Crippen molar-refractivity contribution in [1.29, 1.82) is 0 Å². The van der Waals surface area contributed by atoms with Gasteiger partial charge in [-0.1, -0.05) is 5.21 Å². The molecule has 108 valence electrons. The van der Waals surface area contributed by atoms with E-state index in [2.05, 4.69) is 10.3 Å². The monoisotopic (exact) mass is 286 g/mol. The number of carbonyl (C=O) groups is 1. The molecule has 0 unspecified atom stereocenters. The summed E-state index contributed by atoms with van der Waals surface area (Å²) in [6, 6.07) is 5.50. The second kappa shape index (κ2) is 4.76. The molecule has 1 atom stereocenters. The molecule has 2 aliphatic heterocycles. The zero-order valence-electron chi connectivity index (χ0n) is 11.3. The van der Waals surface area contributed by atoms with Gasteiger partial charge in [-0.15, -0.1) is 5.10 Å². The fraction of sp³-hybridized carbons (Fsp3) is 0.357. The van der Waals surface area contributed by atoms with Crippen LogP contribution in [-0.2, 0) is 0 Å². The second-order valence-corrected chi connectivity index (χ2v) is 5.14. The van der Waals surface area contributed by atoms with Crippen LogP contribution in [-0.4, -0.2) is 45.7 Å². The fourth-order valence-corrected chi connectivity index (χ4v) is 2.77. The average molecular weight is 286 g/mol. The van der Waals surface area contributed by atoms with Crippen molar-refractivity contribution in [3.8, 4) is 11.5 Å². The highest BCUT2D eigenvalue weighted by Crippen LogP contribution is 2.33. The number of fused-ring (bicyclic) bond motifs is 1. The highest BCUT2D eigenvalue weighted by Gasteiger charge is 2.29. The Bertz CT molecular complexity index is 671. The lowest BCUT2D eigenvalue weighted by Crippen LogP contribution is -2.29. The summed E-state index contributed by atoms with van der Waals surface area (Å²) in [6.07, 6.45) is 4.38. The lowest BCUT2D eigenvalue weighted by molar-refractivity contribution is 0.0786. The van der Waals surface area contributed by atoms with Gasteiger partial charge < -0.3 is 14.4 Å². The van der Waals surface area contributed by atoms with E-state index in [1.807, 2.05) is 15.8 Å². The van der Waals surface area contributed by atoms with Crippen molar-refractivity contribution in [3.63, 3.8) is 0 Å². The summed E-state index contributed by atoms with van der Waals surface area (Å²) >= 11 is 0. The number of nitrogens with zero attached hydrogens (tertiary/aromatic N) is 4. The van der Waals surface area contributed by atoms with Crippen molar-refractivity contribution in [3.05, 3.63) is 36.2 Å². The van der Waals surface area contributed by atoms with Crippen LogP contribution >= 0.6 is 0 Å². The molecular formula is C14H14N4O3. The number of rotatable bonds is 2. The zero-order valence-corrected chi connectivity index (χ0v) is 11.3. The molecule has 1 amide bonds. The molecule has 2 aliphatic rings. The third-order valence-electron chi connectivity index (χ3n) is 3.89. The third-order valence-corrected chi connectivity index (χ3v) is 3.89. The Morgan fingerprint density at radius 3 is 3.05 bits per heavy atom. The second-order valence-electron chi connectivity index (χ2n) is 5.14. The predicted octanol–water partition coefficient (Wildman–Crippen LogP) is 1.09. The van der Waals surface area contributed by atoms with Gasteiger partial charge in [0.2, 0.25) is 6.79 Å². The molecule has 1 saturated heterocycles. The van der Waals surface area contributed by atoms with E-state index in [9.17, 15) is 4.79 Å². The van der Waals surface area contributed by atoms with Crippen molar-refractivity contribution < 1.29 is 14.3 Å². The standard InChI is InChI=1S/C14H14N4O3/c19-14(10-1-2-12-13(7-10)21-9-20-12)17-5-3-11(8-17)18-6-4-15-16-18/h1-2,4,6-7,11H,3,5,8-9H2/t11-/m0/s1. The SMILES string of the molecule is O=C(c1ccc2c(c1)OCO2)N1CC[C@H](n2ccnn2)C1. The number of carbonyl (C=O) groups excluding carboxylic acids is 1. The van der Waals surface area contributed by atoms with E-state index in [0.717, 1.165) is 13.0 Å². The maximum atomic E-state index is 12.5. The first-order valence-electron chi connectivity index (χ1n) is 6.86. The molecule has 0 spiro atoms. The topological polar surface area (TPSA) is 69.5 Å². The molecule has 0 aliphatic carbocycles. The Balaban J connectivity index is 1.51. The molecule has 21 heavy (non-hydrogen) atoms. The number of amides is 1. The molecule has 1 fully saturated rings. The molecule has 2 aromatic rings. The lowest BCUT2D eigenvalue weighted by Gasteiger charge is -2.16. The number of hydrogen-bond acceptors (Lipinski definition) is 5. The van der Waals surface area contributed by atoms with Gasteiger partial charge in [0.15, 0.2) is 11.5 Å². The summed E-state index contributed by atoms with van der Waals surface area (Å²) in [5, 5.41) is 7.82. The van der Waals surface area contributed by atoms with Crippen LogP contribution in [0.15, 0.2) is 30.6 Å². The van der Waals surface area contributed by atoms with Crippen LogP contribution in [0.5, 0.6) is 11.5 Å². The fourth-order valence-electron chi connectivity index (χ4n) is 2.77. The first-order valence-corrected chi connectivity index (χ1v) is 6.86. The minimum atomic E-state index is 0.0101. The number of hydrogen-bond donors (Lipinski definition) is 0. The number of aromatic nitrogens is 3. The molecule has 3 heterocycles. The summed E-state index contributed by atoms with van der Waals surface area (Å²) < 4.78 is 12.4. The Morgan fingerprint density at radius 1 is 1.29 bits per heavy atom. The summed E-state index contributed by atoms with van der Waals surface area (Å²) in [5.74, 6) is 1.33. The lowest BCUT2D eigenvalue weighted by atomic mass is 10.2. The van der Waals surface area contributed by atoms with Crippen LogP contribution in [0.3, 0.4) is 0 Å². The van der Waals surface area contributed by atoms with Crippen molar-refractivity contribution >= 4 is 5.91 Å². The minimum absolute atomic E-state index is 0.0101. The van der Waals surface area contributed by atoms with Crippen LogP contribution in [0.2, 0.25) is 0 Å². The van der Waals surface area contributed by atoms with Gasteiger partial charge in [-0.05, 0) is 24.6 Å². The van der Waals surface area contributed by atoms with E-state index in [1.165, 1.54) is 0 Å². The maximum Gasteiger partial charge on any atom is 0.254 e. The molecule has 4 rings (SSSR count). The van der Waals surface area contributed by atoms with Crippen LogP contribution in [0, 0.1) is 0 Å². The average Bonchev–Trinajstić information content (AvgIpc) is 3.24. The molecule has 1 aromatic heterocycles. The third kappa shape index (κ3) is 2.10. The van der Waals surface area contributed by atoms with E-state index in [1.54, 1.807) is 24.4 Å².